The minimum Gasteiger partial charge on any atom is -0.324 e. The van der Waals surface area contributed by atoms with Crippen LogP contribution < -0.4 is 10.5 Å². The van der Waals surface area contributed by atoms with Gasteiger partial charge in [0.05, 0.1) is 31.3 Å². The summed E-state index contributed by atoms with van der Waals surface area (Å²) in [6, 6.07) is 20.9. The van der Waals surface area contributed by atoms with E-state index in [-0.39, 0.29) is 18.4 Å². The Hall–Kier alpha value is -3.84. The summed E-state index contributed by atoms with van der Waals surface area (Å²) in [6.07, 6.45) is 1.85. The van der Waals surface area contributed by atoms with E-state index in [2.05, 4.69) is 53.1 Å². The van der Waals surface area contributed by atoms with Crippen molar-refractivity contribution in [3.8, 4) is 0 Å². The number of nitrogens with zero attached hydrogens (tertiary/aromatic N) is 3. The molecule has 33 heavy (non-hydrogen) atoms. The fraction of sp³-hybridized carbons (Fsp3) is 0.154. The van der Waals surface area contributed by atoms with Crippen LogP contribution in [0.25, 0.3) is 10.9 Å². The quantitative estimate of drug-likeness (QED) is 0.350. The predicted molar refractivity (Wildman–Crippen MR) is 133 cm³/mol. The number of aromatic nitrogens is 2. The number of anilines is 2. The predicted octanol–water partition coefficient (Wildman–Crippen LogP) is 4.71. The van der Waals surface area contributed by atoms with Crippen LogP contribution in [0.1, 0.15) is 26.3 Å². The molecule has 7 heteroatoms. The molecule has 1 aromatic heterocycles. The van der Waals surface area contributed by atoms with Gasteiger partial charge in [0.2, 0.25) is 5.95 Å². The van der Waals surface area contributed by atoms with Crippen molar-refractivity contribution >= 4 is 47.6 Å². The average Bonchev–Trinajstić information content (AvgIpc) is 3.04. The smallest absolute Gasteiger partial charge is 0.261 e. The zero-order valence-electron chi connectivity index (χ0n) is 18.8. The molecule has 164 valence electrons. The van der Waals surface area contributed by atoms with Gasteiger partial charge in [0.25, 0.3) is 11.8 Å². The molecule has 3 aromatic carbocycles. The molecule has 2 amide bonds. The second-order valence-electron chi connectivity index (χ2n) is 9.28. The molecule has 0 aliphatic carbocycles. The zero-order chi connectivity index (χ0) is 23.2. The third-order valence-corrected chi connectivity index (χ3v) is 7.92. The second kappa shape index (κ2) is 7.93. The highest BCUT2D eigenvalue weighted by Gasteiger charge is 2.34. The number of amides is 2. The van der Waals surface area contributed by atoms with Crippen molar-refractivity contribution in [3.05, 3.63) is 89.6 Å². The minimum atomic E-state index is -1.39. The molecule has 0 unspecified atom stereocenters. The molecular formula is C26H24N4O2Si. The van der Waals surface area contributed by atoms with E-state index >= 15 is 0 Å². The SMILES string of the molecule is C[Si](C)(C)c1ccc2nc(Nc3ccc(CN4C(=O)c5ccccc5C4=O)cc3)ncc2c1. The highest BCUT2D eigenvalue weighted by atomic mass is 28.3. The van der Waals surface area contributed by atoms with Crippen LogP contribution in [0.15, 0.2) is 72.9 Å². The first-order valence-electron chi connectivity index (χ1n) is 10.9. The molecule has 0 saturated heterocycles. The molecule has 2 heterocycles. The van der Waals surface area contributed by atoms with Gasteiger partial charge in [-0.3, -0.25) is 14.5 Å². The van der Waals surface area contributed by atoms with Crippen molar-refractivity contribution in [3.63, 3.8) is 0 Å². The van der Waals surface area contributed by atoms with Crippen molar-refractivity contribution < 1.29 is 9.59 Å². The lowest BCUT2D eigenvalue weighted by Crippen LogP contribution is -2.37. The van der Waals surface area contributed by atoms with E-state index in [1.165, 1.54) is 10.1 Å². The lowest BCUT2D eigenvalue weighted by atomic mass is 10.1. The second-order valence-corrected chi connectivity index (χ2v) is 14.4. The molecule has 0 saturated carbocycles. The largest absolute Gasteiger partial charge is 0.324 e. The lowest BCUT2D eigenvalue weighted by molar-refractivity contribution is 0.0642. The van der Waals surface area contributed by atoms with E-state index in [4.69, 9.17) is 0 Å². The number of hydrogen-bond donors (Lipinski definition) is 1. The van der Waals surface area contributed by atoms with Crippen molar-refractivity contribution in [2.24, 2.45) is 0 Å². The molecule has 0 spiro atoms. The van der Waals surface area contributed by atoms with Gasteiger partial charge in [-0.2, -0.15) is 0 Å². The Kier molecular flexibility index (Phi) is 5.06. The first-order chi connectivity index (χ1) is 15.8. The van der Waals surface area contributed by atoms with Crippen LogP contribution in [0.5, 0.6) is 0 Å². The molecular weight excluding hydrogens is 428 g/mol. The Bertz CT molecular complexity index is 1360. The summed E-state index contributed by atoms with van der Waals surface area (Å²) in [7, 11) is -1.39. The van der Waals surface area contributed by atoms with Gasteiger partial charge in [-0.1, -0.05) is 61.2 Å². The van der Waals surface area contributed by atoms with Crippen LogP contribution in [0.4, 0.5) is 11.6 Å². The Balaban J connectivity index is 1.30. The number of hydrogen-bond acceptors (Lipinski definition) is 5. The molecule has 0 fully saturated rings. The van der Waals surface area contributed by atoms with E-state index in [1.807, 2.05) is 30.5 Å². The Morgan fingerprint density at radius 3 is 2.18 bits per heavy atom. The molecule has 4 aromatic rings. The third-order valence-electron chi connectivity index (χ3n) is 5.87. The van der Waals surface area contributed by atoms with Crippen LogP contribution in [-0.4, -0.2) is 34.8 Å². The molecule has 1 N–H and O–H groups in total. The topological polar surface area (TPSA) is 75.2 Å². The van der Waals surface area contributed by atoms with E-state index in [0.29, 0.717) is 17.1 Å². The number of nitrogens with one attached hydrogen (secondary N) is 1. The summed E-state index contributed by atoms with van der Waals surface area (Å²) >= 11 is 0. The number of carbonyl (C=O) groups is 2. The molecule has 1 aliphatic heterocycles. The molecule has 5 rings (SSSR count). The van der Waals surface area contributed by atoms with Crippen molar-refractivity contribution in [2.75, 3.05) is 5.32 Å². The van der Waals surface area contributed by atoms with Gasteiger partial charge >= 0.3 is 0 Å². The van der Waals surface area contributed by atoms with Crippen LogP contribution in [0.2, 0.25) is 19.6 Å². The minimum absolute atomic E-state index is 0.235. The summed E-state index contributed by atoms with van der Waals surface area (Å²) in [4.78, 5) is 35.6. The zero-order valence-corrected chi connectivity index (χ0v) is 19.8. The number of fused-ring (bicyclic) bond motifs is 2. The van der Waals surface area contributed by atoms with Gasteiger partial charge < -0.3 is 5.32 Å². The van der Waals surface area contributed by atoms with E-state index in [9.17, 15) is 9.59 Å². The van der Waals surface area contributed by atoms with Crippen LogP contribution >= 0.6 is 0 Å². The molecule has 6 nitrogen and oxygen atoms in total. The Morgan fingerprint density at radius 1 is 0.879 bits per heavy atom. The monoisotopic (exact) mass is 452 g/mol. The average molecular weight is 453 g/mol. The maximum Gasteiger partial charge on any atom is 0.261 e. The summed E-state index contributed by atoms with van der Waals surface area (Å²) < 4.78 is 0. The van der Waals surface area contributed by atoms with E-state index < -0.39 is 8.07 Å². The highest BCUT2D eigenvalue weighted by molar-refractivity contribution is 6.88. The number of benzene rings is 3. The summed E-state index contributed by atoms with van der Waals surface area (Å²) in [5, 5.41) is 5.65. The van der Waals surface area contributed by atoms with E-state index in [1.54, 1.807) is 24.3 Å². The van der Waals surface area contributed by atoms with Crippen molar-refractivity contribution in [1.29, 1.82) is 0 Å². The van der Waals surface area contributed by atoms with Gasteiger partial charge in [-0.25, -0.2) is 9.97 Å². The fourth-order valence-electron chi connectivity index (χ4n) is 3.95. The summed E-state index contributed by atoms with van der Waals surface area (Å²) in [5.41, 5.74) is 3.53. The van der Waals surface area contributed by atoms with Gasteiger partial charge in [0, 0.05) is 17.3 Å². The van der Waals surface area contributed by atoms with Crippen LogP contribution in [-0.2, 0) is 6.54 Å². The number of rotatable bonds is 5. The third kappa shape index (κ3) is 4.03. The molecule has 1 aliphatic rings. The van der Waals surface area contributed by atoms with Crippen molar-refractivity contribution in [1.82, 2.24) is 14.9 Å². The number of carbonyl (C=O) groups excluding carboxylic acids is 2. The Labute approximate surface area is 193 Å². The Morgan fingerprint density at radius 2 is 1.55 bits per heavy atom. The van der Waals surface area contributed by atoms with Crippen LogP contribution in [0.3, 0.4) is 0 Å². The first-order valence-corrected chi connectivity index (χ1v) is 14.4. The maximum atomic E-state index is 12.6. The van der Waals surface area contributed by atoms with Gasteiger partial charge in [-0.15, -0.1) is 0 Å². The summed E-state index contributed by atoms with van der Waals surface area (Å²) in [6.45, 7) is 7.20. The van der Waals surface area contributed by atoms with Crippen molar-refractivity contribution in [2.45, 2.75) is 26.2 Å². The lowest BCUT2D eigenvalue weighted by Gasteiger charge is -2.17. The van der Waals surface area contributed by atoms with Crippen LogP contribution in [0, 0.1) is 0 Å². The normalized spacial score (nSPS) is 13.5. The first kappa shape index (κ1) is 21.0. The van der Waals surface area contributed by atoms with Gasteiger partial charge in [0.15, 0.2) is 0 Å². The molecule has 0 bridgehead atoms. The summed E-state index contributed by atoms with van der Waals surface area (Å²) in [5.74, 6) is 0.0238. The highest BCUT2D eigenvalue weighted by Crippen LogP contribution is 2.25. The van der Waals surface area contributed by atoms with Gasteiger partial charge in [0.1, 0.15) is 0 Å². The molecule has 0 radical (unpaired) electrons. The fourth-order valence-corrected chi connectivity index (χ4v) is 5.12. The van der Waals surface area contributed by atoms with E-state index in [0.717, 1.165) is 22.2 Å². The number of imide groups is 1. The standard InChI is InChI=1S/C26H24N4O2Si/c1-33(2,3)20-12-13-23-18(14-20)15-27-26(29-23)28-19-10-8-17(9-11-19)16-30-24(31)21-6-4-5-7-22(21)25(30)32/h4-15H,16H2,1-3H3,(H,27,28,29). The maximum absolute atomic E-state index is 12.6. The van der Waals surface area contributed by atoms with Gasteiger partial charge in [-0.05, 0) is 35.9 Å². The molecule has 0 atom stereocenters.